The monoisotopic (exact) mass is 311 g/mol. The van der Waals surface area contributed by atoms with Crippen LogP contribution in [0.1, 0.15) is 17.3 Å². The second-order valence-electron chi connectivity index (χ2n) is 4.28. The van der Waals surface area contributed by atoms with Crippen LogP contribution in [0.5, 0.6) is 5.88 Å². The fraction of sp³-hybridized carbons (Fsp3) is 0.286. The molecule has 2 aromatic rings. The molecule has 0 aliphatic rings. The molecule has 1 unspecified atom stereocenters. The predicted molar refractivity (Wildman–Crippen MR) is 80.6 cm³/mol. The molecule has 6 heteroatoms. The molecule has 1 atom stereocenters. The zero-order valence-electron chi connectivity index (χ0n) is 11.2. The Labute approximate surface area is 128 Å². The quantitative estimate of drug-likeness (QED) is 0.920. The molecule has 4 nitrogen and oxygen atoms in total. The third-order valence-electron chi connectivity index (χ3n) is 3.01. The van der Waals surface area contributed by atoms with Crippen LogP contribution < -0.4 is 10.1 Å². The van der Waals surface area contributed by atoms with E-state index < -0.39 is 0 Å². The van der Waals surface area contributed by atoms with Crippen molar-refractivity contribution in [3.05, 3.63) is 51.6 Å². The van der Waals surface area contributed by atoms with Gasteiger partial charge in [-0.05, 0) is 37.2 Å². The number of benzene rings is 1. The average molecular weight is 312 g/mol. The molecule has 0 aliphatic carbocycles. The molecule has 106 valence electrons. The van der Waals surface area contributed by atoms with E-state index in [2.05, 4.69) is 15.5 Å². The van der Waals surface area contributed by atoms with Gasteiger partial charge in [0.2, 0.25) is 5.88 Å². The van der Waals surface area contributed by atoms with Crippen LogP contribution in [0.3, 0.4) is 0 Å². The molecule has 1 aromatic heterocycles. The van der Waals surface area contributed by atoms with Crippen LogP contribution in [0.15, 0.2) is 30.3 Å². The lowest BCUT2D eigenvalue weighted by molar-refractivity contribution is 0.389. The van der Waals surface area contributed by atoms with Crippen LogP contribution in [0.2, 0.25) is 10.0 Å². The summed E-state index contributed by atoms with van der Waals surface area (Å²) in [7, 11) is 3.44. The van der Waals surface area contributed by atoms with Crippen LogP contribution in [0.25, 0.3) is 0 Å². The first-order valence-corrected chi connectivity index (χ1v) is 6.88. The molecule has 2 rings (SSSR count). The lowest BCUT2D eigenvalue weighted by atomic mass is 10.0. The van der Waals surface area contributed by atoms with Crippen LogP contribution in [0.4, 0.5) is 0 Å². The Morgan fingerprint density at radius 2 is 2.00 bits per heavy atom. The number of methoxy groups -OCH3 is 1. The first kappa shape index (κ1) is 15.0. The van der Waals surface area contributed by atoms with Crippen molar-refractivity contribution in [2.24, 2.45) is 0 Å². The summed E-state index contributed by atoms with van der Waals surface area (Å²) in [4.78, 5) is 0. The van der Waals surface area contributed by atoms with Gasteiger partial charge in [0.15, 0.2) is 0 Å². The molecule has 0 bridgehead atoms. The van der Waals surface area contributed by atoms with E-state index in [-0.39, 0.29) is 6.04 Å². The van der Waals surface area contributed by atoms with E-state index >= 15 is 0 Å². The summed E-state index contributed by atoms with van der Waals surface area (Å²) in [6.07, 6.45) is 0.702. The smallest absolute Gasteiger partial charge is 0.233 e. The standard InChI is InChI=1S/C14H15Cl2N3O/c1-17-13(12-5-6-14(20-2)19-18-12)7-9-3-4-10(15)8-11(9)16/h3-6,8,13,17H,7H2,1-2H3. The number of nitrogens with zero attached hydrogens (tertiary/aromatic N) is 2. The van der Waals surface area contributed by atoms with E-state index in [1.54, 1.807) is 19.2 Å². The molecule has 0 radical (unpaired) electrons. The Hall–Kier alpha value is -1.36. The maximum absolute atomic E-state index is 6.20. The molecule has 1 aromatic carbocycles. The van der Waals surface area contributed by atoms with Gasteiger partial charge in [-0.25, -0.2) is 0 Å². The van der Waals surface area contributed by atoms with Gasteiger partial charge in [-0.15, -0.1) is 5.10 Å². The Morgan fingerprint density at radius 1 is 1.20 bits per heavy atom. The van der Waals surface area contributed by atoms with E-state index in [1.165, 1.54) is 0 Å². The average Bonchev–Trinajstić information content (AvgIpc) is 2.47. The second kappa shape index (κ2) is 6.88. The molecular formula is C14H15Cl2N3O. The number of likely N-dealkylation sites (N-methyl/N-ethyl adjacent to an activating group) is 1. The van der Waals surface area contributed by atoms with Crippen molar-refractivity contribution in [1.29, 1.82) is 0 Å². The van der Waals surface area contributed by atoms with Crippen LogP contribution in [-0.2, 0) is 6.42 Å². The van der Waals surface area contributed by atoms with Crippen LogP contribution >= 0.6 is 23.2 Å². The van der Waals surface area contributed by atoms with Crippen molar-refractivity contribution in [2.75, 3.05) is 14.2 Å². The van der Waals surface area contributed by atoms with Gasteiger partial charge in [-0.3, -0.25) is 0 Å². The first-order valence-electron chi connectivity index (χ1n) is 6.13. The maximum Gasteiger partial charge on any atom is 0.233 e. The number of ether oxygens (including phenoxy) is 1. The lowest BCUT2D eigenvalue weighted by Crippen LogP contribution is -2.20. The lowest BCUT2D eigenvalue weighted by Gasteiger charge is -2.16. The summed E-state index contributed by atoms with van der Waals surface area (Å²) in [6, 6.07) is 9.19. The highest BCUT2D eigenvalue weighted by Crippen LogP contribution is 2.25. The summed E-state index contributed by atoms with van der Waals surface area (Å²) in [5, 5.41) is 12.6. The van der Waals surface area contributed by atoms with E-state index in [0.717, 1.165) is 11.3 Å². The van der Waals surface area contributed by atoms with Crippen molar-refractivity contribution in [2.45, 2.75) is 12.5 Å². The minimum atomic E-state index is 0.0204. The van der Waals surface area contributed by atoms with Gasteiger partial charge in [0, 0.05) is 16.1 Å². The van der Waals surface area contributed by atoms with Gasteiger partial charge in [-0.1, -0.05) is 29.3 Å². The van der Waals surface area contributed by atoms with E-state index in [9.17, 15) is 0 Å². The number of halogens is 2. The number of nitrogens with one attached hydrogen (secondary N) is 1. The Kier molecular flexibility index (Phi) is 5.17. The second-order valence-corrected chi connectivity index (χ2v) is 5.13. The molecule has 0 spiro atoms. The third kappa shape index (κ3) is 3.60. The predicted octanol–water partition coefficient (Wildman–Crippen LogP) is 3.30. The van der Waals surface area contributed by atoms with Crippen molar-refractivity contribution in [1.82, 2.24) is 15.5 Å². The summed E-state index contributed by atoms with van der Waals surface area (Å²) in [6.45, 7) is 0. The number of hydrogen-bond acceptors (Lipinski definition) is 4. The Morgan fingerprint density at radius 3 is 2.55 bits per heavy atom. The molecule has 0 fully saturated rings. The minimum Gasteiger partial charge on any atom is -0.480 e. The maximum atomic E-state index is 6.20. The zero-order valence-corrected chi connectivity index (χ0v) is 12.7. The van der Waals surface area contributed by atoms with E-state index in [0.29, 0.717) is 22.3 Å². The summed E-state index contributed by atoms with van der Waals surface area (Å²) < 4.78 is 5.00. The number of aromatic nitrogens is 2. The van der Waals surface area contributed by atoms with Gasteiger partial charge >= 0.3 is 0 Å². The van der Waals surface area contributed by atoms with Crippen molar-refractivity contribution in [3.8, 4) is 5.88 Å². The van der Waals surface area contributed by atoms with Crippen molar-refractivity contribution in [3.63, 3.8) is 0 Å². The Balaban J connectivity index is 2.19. The van der Waals surface area contributed by atoms with Gasteiger partial charge in [0.05, 0.1) is 18.8 Å². The van der Waals surface area contributed by atoms with Gasteiger partial charge in [0.25, 0.3) is 0 Å². The fourth-order valence-electron chi connectivity index (χ4n) is 1.89. The first-order chi connectivity index (χ1) is 9.63. The molecular weight excluding hydrogens is 297 g/mol. The van der Waals surface area contributed by atoms with Gasteiger partial charge < -0.3 is 10.1 Å². The molecule has 1 heterocycles. The highest BCUT2D eigenvalue weighted by Gasteiger charge is 2.14. The topological polar surface area (TPSA) is 47.0 Å². The molecule has 1 N–H and O–H groups in total. The summed E-state index contributed by atoms with van der Waals surface area (Å²) in [5.74, 6) is 0.494. The molecule has 0 saturated heterocycles. The molecule has 0 saturated carbocycles. The number of rotatable bonds is 5. The summed E-state index contributed by atoms with van der Waals surface area (Å²) >= 11 is 12.1. The highest BCUT2D eigenvalue weighted by molar-refractivity contribution is 6.35. The highest BCUT2D eigenvalue weighted by atomic mass is 35.5. The fourth-order valence-corrected chi connectivity index (χ4v) is 2.37. The molecule has 0 aliphatic heterocycles. The third-order valence-corrected chi connectivity index (χ3v) is 3.60. The normalized spacial score (nSPS) is 12.2. The largest absolute Gasteiger partial charge is 0.480 e. The SMILES string of the molecule is CNC(Cc1ccc(Cl)cc1Cl)c1ccc(OC)nn1. The van der Waals surface area contributed by atoms with Crippen molar-refractivity contribution >= 4 is 23.2 Å². The van der Waals surface area contributed by atoms with Crippen molar-refractivity contribution < 1.29 is 4.74 Å². The zero-order chi connectivity index (χ0) is 14.5. The van der Waals surface area contributed by atoms with Crippen LogP contribution in [0, 0.1) is 0 Å². The molecule has 0 amide bonds. The van der Waals surface area contributed by atoms with Gasteiger partial charge in [0.1, 0.15) is 0 Å². The van der Waals surface area contributed by atoms with Crippen LogP contribution in [-0.4, -0.2) is 24.4 Å². The van der Waals surface area contributed by atoms with E-state index in [1.807, 2.05) is 25.2 Å². The number of hydrogen-bond donors (Lipinski definition) is 1. The minimum absolute atomic E-state index is 0.0204. The van der Waals surface area contributed by atoms with Gasteiger partial charge in [-0.2, -0.15) is 5.10 Å². The van der Waals surface area contributed by atoms with E-state index in [4.69, 9.17) is 27.9 Å². The molecule has 20 heavy (non-hydrogen) atoms. The summed E-state index contributed by atoms with van der Waals surface area (Å²) in [5.41, 5.74) is 1.84. The Bertz CT molecular complexity index is 575.